The third kappa shape index (κ3) is 7.46. The van der Waals surface area contributed by atoms with Crippen LogP contribution in [-0.2, 0) is 19.1 Å². The van der Waals surface area contributed by atoms with Gasteiger partial charge in [-0.25, -0.2) is 0 Å². The zero-order valence-electron chi connectivity index (χ0n) is 13.9. The molecule has 0 aliphatic heterocycles. The molecule has 27 heavy (non-hydrogen) atoms. The summed E-state index contributed by atoms with van der Waals surface area (Å²) >= 11 is 17.5. The van der Waals surface area contributed by atoms with Crippen molar-refractivity contribution in [3.63, 3.8) is 0 Å². The molecule has 0 unspecified atom stereocenters. The molecule has 2 aromatic carbocycles. The summed E-state index contributed by atoms with van der Waals surface area (Å²) < 4.78 is 4.84. The largest absolute Gasteiger partial charge is 0.456 e. The minimum Gasteiger partial charge on any atom is -0.456 e. The summed E-state index contributed by atoms with van der Waals surface area (Å²) in [6, 6.07) is 11.1. The van der Waals surface area contributed by atoms with Crippen molar-refractivity contribution in [1.29, 1.82) is 0 Å². The van der Waals surface area contributed by atoms with E-state index in [1.807, 2.05) is 0 Å². The van der Waals surface area contributed by atoms with E-state index in [2.05, 4.69) is 10.6 Å². The predicted molar refractivity (Wildman–Crippen MR) is 105 cm³/mol. The molecule has 0 fully saturated rings. The molecule has 6 nitrogen and oxygen atoms in total. The van der Waals surface area contributed by atoms with Crippen molar-refractivity contribution in [3.8, 4) is 0 Å². The fraction of sp³-hybridized carbons (Fsp3) is 0.167. The molecule has 0 spiro atoms. The number of halogens is 3. The van der Waals surface area contributed by atoms with Crippen LogP contribution in [0.5, 0.6) is 0 Å². The van der Waals surface area contributed by atoms with Crippen LogP contribution in [0.15, 0.2) is 42.5 Å². The van der Waals surface area contributed by atoms with Crippen molar-refractivity contribution in [2.75, 3.05) is 17.2 Å². The van der Waals surface area contributed by atoms with Gasteiger partial charge in [0.2, 0.25) is 5.91 Å². The number of hydrogen-bond donors (Lipinski definition) is 2. The van der Waals surface area contributed by atoms with Gasteiger partial charge in [0.15, 0.2) is 6.61 Å². The second-order valence-electron chi connectivity index (χ2n) is 5.39. The molecule has 2 aromatic rings. The Kier molecular flexibility index (Phi) is 7.91. The molecule has 142 valence electrons. The van der Waals surface area contributed by atoms with Gasteiger partial charge in [0.05, 0.1) is 17.1 Å². The lowest BCUT2D eigenvalue weighted by molar-refractivity contribution is -0.147. The van der Waals surface area contributed by atoms with Crippen LogP contribution in [-0.4, -0.2) is 24.4 Å². The number of carbonyl (C=O) groups excluding carboxylic acids is 3. The fourth-order valence-corrected chi connectivity index (χ4v) is 2.43. The molecule has 0 radical (unpaired) electrons. The van der Waals surface area contributed by atoms with E-state index < -0.39 is 18.5 Å². The molecule has 0 aromatic heterocycles. The van der Waals surface area contributed by atoms with Crippen molar-refractivity contribution in [2.45, 2.75) is 12.8 Å². The van der Waals surface area contributed by atoms with Crippen LogP contribution in [0.4, 0.5) is 11.4 Å². The maximum atomic E-state index is 11.8. The molecule has 0 bridgehead atoms. The highest BCUT2D eigenvalue weighted by atomic mass is 35.5. The molecule has 2 N–H and O–H groups in total. The highest BCUT2D eigenvalue weighted by Gasteiger charge is 2.12. The average Bonchev–Trinajstić information content (AvgIpc) is 2.63. The summed E-state index contributed by atoms with van der Waals surface area (Å²) in [7, 11) is 0. The Morgan fingerprint density at radius 3 is 2.19 bits per heavy atom. The Labute approximate surface area is 170 Å². The van der Waals surface area contributed by atoms with E-state index in [0.29, 0.717) is 26.4 Å². The van der Waals surface area contributed by atoms with Crippen molar-refractivity contribution in [2.24, 2.45) is 0 Å². The first-order valence-corrected chi connectivity index (χ1v) is 8.93. The Bertz CT molecular complexity index is 841. The molecule has 0 aliphatic rings. The van der Waals surface area contributed by atoms with E-state index in [0.717, 1.165) is 0 Å². The van der Waals surface area contributed by atoms with Crippen LogP contribution in [0.1, 0.15) is 12.8 Å². The zero-order valence-corrected chi connectivity index (χ0v) is 16.2. The van der Waals surface area contributed by atoms with Crippen molar-refractivity contribution < 1.29 is 19.1 Å². The van der Waals surface area contributed by atoms with Crippen LogP contribution in [0.3, 0.4) is 0 Å². The van der Waals surface area contributed by atoms with Gasteiger partial charge in [-0.15, -0.1) is 0 Å². The molecule has 2 amide bonds. The van der Waals surface area contributed by atoms with E-state index in [9.17, 15) is 14.4 Å². The Morgan fingerprint density at radius 1 is 0.815 bits per heavy atom. The highest BCUT2D eigenvalue weighted by Crippen LogP contribution is 2.25. The number of hydrogen-bond acceptors (Lipinski definition) is 4. The van der Waals surface area contributed by atoms with Gasteiger partial charge in [0.1, 0.15) is 0 Å². The third-order valence-corrected chi connectivity index (χ3v) is 4.07. The van der Waals surface area contributed by atoms with E-state index in [-0.39, 0.29) is 18.7 Å². The number of rotatable bonds is 7. The number of benzene rings is 2. The molecule has 2 rings (SSSR count). The number of amides is 2. The van der Waals surface area contributed by atoms with Gasteiger partial charge in [-0.1, -0.05) is 34.8 Å². The van der Waals surface area contributed by atoms with Crippen LogP contribution >= 0.6 is 34.8 Å². The Hall–Kier alpha value is -2.28. The maximum absolute atomic E-state index is 11.8. The van der Waals surface area contributed by atoms with Gasteiger partial charge in [-0.05, 0) is 42.5 Å². The molecule has 0 atom stereocenters. The lowest BCUT2D eigenvalue weighted by Crippen LogP contribution is -2.22. The molecule has 0 saturated carbocycles. The predicted octanol–water partition coefficient (Wildman–Crippen LogP) is 4.55. The number of nitrogens with one attached hydrogen (secondary N) is 2. The van der Waals surface area contributed by atoms with Gasteiger partial charge >= 0.3 is 5.97 Å². The van der Waals surface area contributed by atoms with Crippen LogP contribution in [0, 0.1) is 0 Å². The molecule has 0 saturated heterocycles. The molecule has 9 heteroatoms. The monoisotopic (exact) mass is 428 g/mol. The number of anilines is 2. The number of ether oxygens (including phenoxy) is 1. The lowest BCUT2D eigenvalue weighted by Gasteiger charge is -2.09. The van der Waals surface area contributed by atoms with Crippen LogP contribution in [0.25, 0.3) is 0 Å². The highest BCUT2D eigenvalue weighted by molar-refractivity contribution is 6.35. The summed E-state index contributed by atoms with van der Waals surface area (Å²) in [6.45, 7) is -0.500. The van der Waals surface area contributed by atoms with Gasteiger partial charge in [0, 0.05) is 22.2 Å². The molecule has 0 heterocycles. The first-order valence-electron chi connectivity index (χ1n) is 7.79. The van der Waals surface area contributed by atoms with Gasteiger partial charge in [0.25, 0.3) is 5.91 Å². The smallest absolute Gasteiger partial charge is 0.306 e. The minimum absolute atomic E-state index is 0.0802. The normalized spacial score (nSPS) is 10.2. The summed E-state index contributed by atoms with van der Waals surface area (Å²) in [5, 5.41) is 6.36. The van der Waals surface area contributed by atoms with E-state index >= 15 is 0 Å². The Morgan fingerprint density at radius 2 is 1.48 bits per heavy atom. The quantitative estimate of drug-likeness (QED) is 0.633. The van der Waals surface area contributed by atoms with Crippen LogP contribution in [0.2, 0.25) is 15.1 Å². The topological polar surface area (TPSA) is 84.5 Å². The van der Waals surface area contributed by atoms with Gasteiger partial charge < -0.3 is 15.4 Å². The first kappa shape index (κ1) is 21.0. The fourth-order valence-electron chi connectivity index (χ4n) is 1.97. The second kappa shape index (κ2) is 10.2. The van der Waals surface area contributed by atoms with E-state index in [1.54, 1.807) is 30.3 Å². The maximum Gasteiger partial charge on any atom is 0.306 e. The van der Waals surface area contributed by atoms with Crippen molar-refractivity contribution in [3.05, 3.63) is 57.5 Å². The van der Waals surface area contributed by atoms with Crippen LogP contribution < -0.4 is 10.6 Å². The standard InChI is InChI=1S/C18H15Cl3N2O4/c19-11-1-4-13(5-2-11)22-16(24)7-8-18(26)27-10-17(25)23-15-9-12(20)3-6-14(15)21/h1-6,9H,7-8,10H2,(H,22,24)(H,23,25). The van der Waals surface area contributed by atoms with Crippen molar-refractivity contribution in [1.82, 2.24) is 0 Å². The summed E-state index contributed by atoms with van der Waals surface area (Å²) in [6.07, 6.45) is -0.242. The van der Waals surface area contributed by atoms with E-state index in [1.165, 1.54) is 12.1 Å². The SMILES string of the molecule is O=C(CCC(=O)OCC(=O)Nc1cc(Cl)ccc1Cl)Nc1ccc(Cl)cc1. The second-order valence-corrected chi connectivity index (χ2v) is 6.67. The summed E-state index contributed by atoms with van der Waals surface area (Å²) in [5.41, 5.74) is 0.878. The summed E-state index contributed by atoms with van der Waals surface area (Å²) in [4.78, 5) is 35.3. The number of esters is 1. The molecular weight excluding hydrogens is 415 g/mol. The molecule has 0 aliphatic carbocycles. The van der Waals surface area contributed by atoms with Gasteiger partial charge in [-0.2, -0.15) is 0 Å². The number of carbonyl (C=O) groups is 3. The summed E-state index contributed by atoms with van der Waals surface area (Å²) in [5.74, 6) is -1.60. The van der Waals surface area contributed by atoms with Gasteiger partial charge in [-0.3, -0.25) is 14.4 Å². The van der Waals surface area contributed by atoms with E-state index in [4.69, 9.17) is 39.5 Å². The average molecular weight is 430 g/mol. The zero-order chi connectivity index (χ0) is 19.8. The lowest BCUT2D eigenvalue weighted by atomic mass is 10.2. The molecular formula is C18H15Cl3N2O4. The van der Waals surface area contributed by atoms with Crippen molar-refractivity contribution >= 4 is 64.0 Å². The minimum atomic E-state index is -0.673. The third-order valence-electron chi connectivity index (χ3n) is 3.25. The first-order chi connectivity index (χ1) is 12.8. The Balaban J connectivity index is 1.70.